The van der Waals surface area contributed by atoms with E-state index in [4.69, 9.17) is 5.73 Å². The zero-order valence-electron chi connectivity index (χ0n) is 11.2. The molecule has 0 spiro atoms. The second kappa shape index (κ2) is 5.09. The number of piperidine rings is 1. The zero-order chi connectivity index (χ0) is 14.9. The maximum Gasteiger partial charge on any atom is 0.292 e. The first-order chi connectivity index (χ1) is 9.30. The second-order valence-electron chi connectivity index (χ2n) is 5.32. The van der Waals surface area contributed by atoms with Crippen molar-refractivity contribution >= 4 is 17.3 Å². The normalized spacial score (nSPS) is 17.8. The molecule has 0 aliphatic carbocycles. The van der Waals surface area contributed by atoms with Gasteiger partial charge in [-0.15, -0.1) is 0 Å². The molecular weight excluding hydrogens is 262 g/mol. The van der Waals surface area contributed by atoms with E-state index < -0.39 is 10.5 Å². The number of hydrogen-bond donors (Lipinski definition) is 2. The van der Waals surface area contributed by atoms with Crippen LogP contribution in [-0.4, -0.2) is 39.5 Å². The van der Waals surface area contributed by atoms with E-state index in [0.29, 0.717) is 31.5 Å². The lowest BCUT2D eigenvalue weighted by atomic mass is 9.93. The molecule has 0 atom stereocenters. The van der Waals surface area contributed by atoms with Gasteiger partial charge in [-0.25, -0.2) is 0 Å². The van der Waals surface area contributed by atoms with E-state index in [1.165, 1.54) is 18.2 Å². The van der Waals surface area contributed by atoms with Gasteiger partial charge < -0.3 is 15.7 Å². The van der Waals surface area contributed by atoms with Crippen LogP contribution in [0.2, 0.25) is 0 Å². The van der Waals surface area contributed by atoms with Crippen LogP contribution in [0.4, 0.5) is 11.4 Å². The number of carbonyl (C=O) groups is 1. The van der Waals surface area contributed by atoms with Crippen LogP contribution in [0, 0.1) is 10.1 Å². The van der Waals surface area contributed by atoms with Crippen molar-refractivity contribution in [2.45, 2.75) is 25.4 Å². The Morgan fingerprint density at radius 3 is 2.55 bits per heavy atom. The molecule has 1 amide bonds. The van der Waals surface area contributed by atoms with Crippen LogP contribution in [0.15, 0.2) is 18.2 Å². The van der Waals surface area contributed by atoms with Gasteiger partial charge in [0, 0.05) is 24.7 Å². The summed E-state index contributed by atoms with van der Waals surface area (Å²) < 4.78 is 0. The Morgan fingerprint density at radius 2 is 2.05 bits per heavy atom. The summed E-state index contributed by atoms with van der Waals surface area (Å²) in [4.78, 5) is 24.0. The Morgan fingerprint density at radius 1 is 1.45 bits per heavy atom. The number of nitrogen functional groups attached to an aromatic ring is 1. The molecule has 1 fully saturated rings. The lowest BCUT2D eigenvalue weighted by Crippen LogP contribution is -2.45. The minimum Gasteiger partial charge on any atom is -0.393 e. The topological polar surface area (TPSA) is 110 Å². The Labute approximate surface area is 116 Å². The molecule has 7 heteroatoms. The Kier molecular flexibility index (Phi) is 3.63. The highest BCUT2D eigenvalue weighted by Crippen LogP contribution is 2.25. The molecule has 1 aromatic rings. The standard InChI is InChI=1S/C13H17N3O4/c1-13(18)4-6-15(7-5-13)12(17)9-2-3-11(16(19)20)10(14)8-9/h2-3,8,18H,4-7,14H2,1H3. The summed E-state index contributed by atoms with van der Waals surface area (Å²) in [7, 11) is 0. The average Bonchev–Trinajstić information content (AvgIpc) is 2.37. The summed E-state index contributed by atoms with van der Waals surface area (Å²) in [5.41, 5.74) is 4.95. The summed E-state index contributed by atoms with van der Waals surface area (Å²) in [6, 6.07) is 3.97. The highest BCUT2D eigenvalue weighted by molar-refractivity contribution is 5.95. The van der Waals surface area contributed by atoms with E-state index in [-0.39, 0.29) is 17.3 Å². The molecule has 1 aromatic carbocycles. The molecule has 20 heavy (non-hydrogen) atoms. The van der Waals surface area contributed by atoms with Crippen molar-refractivity contribution in [3.8, 4) is 0 Å². The molecule has 1 saturated heterocycles. The molecule has 2 rings (SSSR count). The molecule has 1 aliphatic rings. The van der Waals surface area contributed by atoms with Gasteiger partial charge in [0.25, 0.3) is 11.6 Å². The fraction of sp³-hybridized carbons (Fsp3) is 0.462. The Balaban J connectivity index is 2.14. The van der Waals surface area contributed by atoms with E-state index in [2.05, 4.69) is 0 Å². The average molecular weight is 279 g/mol. The number of hydrogen-bond acceptors (Lipinski definition) is 5. The number of nitro benzene ring substituents is 1. The first kappa shape index (κ1) is 14.3. The van der Waals surface area contributed by atoms with Gasteiger partial charge in [0.05, 0.1) is 10.5 Å². The molecule has 0 unspecified atom stereocenters. The number of aliphatic hydroxyl groups is 1. The third kappa shape index (κ3) is 2.88. The summed E-state index contributed by atoms with van der Waals surface area (Å²) >= 11 is 0. The van der Waals surface area contributed by atoms with Crippen molar-refractivity contribution in [2.24, 2.45) is 0 Å². The predicted octanol–water partition coefficient (Wildman–Crippen LogP) is 1.16. The van der Waals surface area contributed by atoms with Gasteiger partial charge in [-0.2, -0.15) is 0 Å². The van der Waals surface area contributed by atoms with Crippen LogP contribution in [0.3, 0.4) is 0 Å². The molecule has 0 saturated carbocycles. The quantitative estimate of drug-likeness (QED) is 0.479. The first-order valence-corrected chi connectivity index (χ1v) is 6.36. The number of amides is 1. The molecule has 7 nitrogen and oxygen atoms in total. The third-order valence-electron chi connectivity index (χ3n) is 3.60. The minimum atomic E-state index is -0.731. The molecule has 0 bridgehead atoms. The number of nitro groups is 1. The van der Waals surface area contributed by atoms with E-state index in [0.717, 1.165) is 0 Å². The number of nitrogens with zero attached hydrogens (tertiary/aromatic N) is 2. The fourth-order valence-corrected chi connectivity index (χ4v) is 2.23. The molecule has 108 valence electrons. The van der Waals surface area contributed by atoms with Crippen molar-refractivity contribution in [1.29, 1.82) is 0 Å². The summed E-state index contributed by atoms with van der Waals surface area (Å²) in [6.45, 7) is 2.67. The second-order valence-corrected chi connectivity index (χ2v) is 5.32. The predicted molar refractivity (Wildman–Crippen MR) is 73.3 cm³/mol. The van der Waals surface area contributed by atoms with Crippen molar-refractivity contribution < 1.29 is 14.8 Å². The van der Waals surface area contributed by atoms with Crippen molar-refractivity contribution in [3.63, 3.8) is 0 Å². The number of nitrogens with two attached hydrogens (primary N) is 1. The number of rotatable bonds is 2. The maximum atomic E-state index is 12.3. The van der Waals surface area contributed by atoms with Crippen LogP contribution < -0.4 is 5.73 Å². The van der Waals surface area contributed by atoms with Crippen LogP contribution in [-0.2, 0) is 0 Å². The number of anilines is 1. The molecule has 1 aliphatic heterocycles. The van der Waals surface area contributed by atoms with Crippen molar-refractivity contribution in [1.82, 2.24) is 4.90 Å². The summed E-state index contributed by atoms with van der Waals surface area (Å²) in [5, 5.41) is 20.5. The van der Waals surface area contributed by atoms with Crippen molar-refractivity contribution in [2.75, 3.05) is 18.8 Å². The largest absolute Gasteiger partial charge is 0.393 e. The summed E-state index contributed by atoms with van der Waals surface area (Å²) in [5.74, 6) is -0.220. The maximum absolute atomic E-state index is 12.3. The van der Waals surface area contributed by atoms with Crippen molar-refractivity contribution in [3.05, 3.63) is 33.9 Å². The number of benzene rings is 1. The highest BCUT2D eigenvalue weighted by Gasteiger charge is 2.30. The lowest BCUT2D eigenvalue weighted by Gasteiger charge is -2.35. The van der Waals surface area contributed by atoms with Gasteiger partial charge in [-0.05, 0) is 31.9 Å². The van der Waals surface area contributed by atoms with E-state index in [9.17, 15) is 20.0 Å². The summed E-state index contributed by atoms with van der Waals surface area (Å²) in [6.07, 6.45) is 1.03. The van der Waals surface area contributed by atoms with E-state index in [1.54, 1.807) is 11.8 Å². The monoisotopic (exact) mass is 279 g/mol. The Hall–Kier alpha value is -2.15. The first-order valence-electron chi connectivity index (χ1n) is 6.36. The molecule has 0 aromatic heterocycles. The SMILES string of the molecule is CC1(O)CCN(C(=O)c2ccc([N+](=O)[O-])c(N)c2)CC1. The Bertz CT molecular complexity index is 547. The van der Waals surface area contributed by atoms with Crippen LogP contribution in [0.1, 0.15) is 30.1 Å². The zero-order valence-corrected chi connectivity index (χ0v) is 11.2. The van der Waals surface area contributed by atoms with Gasteiger partial charge in [-0.1, -0.05) is 0 Å². The third-order valence-corrected chi connectivity index (χ3v) is 3.60. The van der Waals surface area contributed by atoms with Gasteiger partial charge in [0.1, 0.15) is 5.69 Å². The van der Waals surface area contributed by atoms with Gasteiger partial charge in [-0.3, -0.25) is 14.9 Å². The molecule has 1 heterocycles. The van der Waals surface area contributed by atoms with Gasteiger partial charge >= 0.3 is 0 Å². The molecule has 3 N–H and O–H groups in total. The minimum absolute atomic E-state index is 0.0233. The molecular formula is C13H17N3O4. The number of carbonyl (C=O) groups excluding carboxylic acids is 1. The smallest absolute Gasteiger partial charge is 0.292 e. The van der Waals surface area contributed by atoms with Gasteiger partial charge in [0.15, 0.2) is 0 Å². The number of likely N-dealkylation sites (tertiary alicyclic amines) is 1. The van der Waals surface area contributed by atoms with E-state index >= 15 is 0 Å². The van der Waals surface area contributed by atoms with Crippen LogP contribution in [0.5, 0.6) is 0 Å². The van der Waals surface area contributed by atoms with E-state index in [1.807, 2.05) is 0 Å². The fourth-order valence-electron chi connectivity index (χ4n) is 2.23. The van der Waals surface area contributed by atoms with Gasteiger partial charge in [0.2, 0.25) is 0 Å². The molecule has 0 radical (unpaired) electrons. The highest BCUT2D eigenvalue weighted by atomic mass is 16.6. The van der Waals surface area contributed by atoms with Crippen LogP contribution in [0.25, 0.3) is 0 Å². The lowest BCUT2D eigenvalue weighted by molar-refractivity contribution is -0.383. The van der Waals surface area contributed by atoms with Crippen LogP contribution >= 0.6 is 0 Å².